The number of carboxylic acids is 1. The highest BCUT2D eigenvalue weighted by Gasteiger charge is 2.21. The Morgan fingerprint density at radius 1 is 1.00 bits per heavy atom. The van der Waals surface area contributed by atoms with Crippen LogP contribution < -0.4 is 16.4 Å². The second-order valence-electron chi connectivity index (χ2n) is 7.32. The molecule has 9 heteroatoms. The van der Waals surface area contributed by atoms with E-state index in [1.807, 2.05) is 0 Å². The van der Waals surface area contributed by atoms with Gasteiger partial charge in [-0.2, -0.15) is 0 Å². The predicted octanol–water partition coefficient (Wildman–Crippen LogP) is 1.84. The van der Waals surface area contributed by atoms with Gasteiger partial charge in [-0.05, 0) is 54.5 Å². The summed E-state index contributed by atoms with van der Waals surface area (Å²) in [6.45, 7) is 12.4. The lowest BCUT2D eigenvalue weighted by Gasteiger charge is -2.24. The maximum absolute atomic E-state index is 11.7. The second-order valence-corrected chi connectivity index (χ2v) is 7.32. The van der Waals surface area contributed by atoms with Crippen molar-refractivity contribution in [3.8, 4) is 0 Å². The molecule has 5 N–H and O–H groups in total. The van der Waals surface area contributed by atoms with E-state index in [4.69, 9.17) is 25.1 Å². The zero-order valence-corrected chi connectivity index (χ0v) is 16.3. The van der Waals surface area contributed by atoms with Crippen molar-refractivity contribution in [1.82, 2.24) is 10.6 Å². The molecular weight excluding hydrogens is 330 g/mol. The molecule has 0 saturated heterocycles. The van der Waals surface area contributed by atoms with Gasteiger partial charge in [-0.1, -0.05) is 0 Å². The molecule has 0 aromatic rings. The van der Waals surface area contributed by atoms with Crippen molar-refractivity contribution < 1.29 is 29.0 Å². The van der Waals surface area contributed by atoms with Crippen LogP contribution in [0.15, 0.2) is 0 Å². The number of nitrogens with one attached hydrogen (secondary N) is 2. The molecular formula is C16H33N3O6. The van der Waals surface area contributed by atoms with E-state index < -0.39 is 29.4 Å². The van der Waals surface area contributed by atoms with Crippen molar-refractivity contribution in [1.29, 1.82) is 0 Å². The van der Waals surface area contributed by atoms with Gasteiger partial charge in [0.1, 0.15) is 11.2 Å². The van der Waals surface area contributed by atoms with Gasteiger partial charge in [-0.15, -0.1) is 0 Å². The lowest BCUT2D eigenvalue weighted by molar-refractivity contribution is -0.134. The van der Waals surface area contributed by atoms with Crippen molar-refractivity contribution >= 4 is 18.2 Å². The SMILES string of the molecule is CC(=O)O.CC(C)(C)OC(=O)NC[C@@H](CCN)NC(=O)OC(C)(C)C. The summed E-state index contributed by atoms with van der Waals surface area (Å²) < 4.78 is 10.3. The zero-order valence-electron chi connectivity index (χ0n) is 16.3. The average molecular weight is 363 g/mol. The number of carbonyl (C=O) groups is 3. The Labute approximate surface area is 149 Å². The number of amides is 2. The maximum Gasteiger partial charge on any atom is 0.407 e. The molecule has 0 heterocycles. The fourth-order valence-corrected chi connectivity index (χ4v) is 1.42. The topological polar surface area (TPSA) is 140 Å². The van der Waals surface area contributed by atoms with Crippen LogP contribution in [0.5, 0.6) is 0 Å². The molecule has 0 unspecified atom stereocenters. The normalized spacial score (nSPS) is 12.2. The molecule has 148 valence electrons. The summed E-state index contributed by atoms with van der Waals surface area (Å²) in [5.74, 6) is -0.833. The van der Waals surface area contributed by atoms with Gasteiger partial charge in [0.25, 0.3) is 5.97 Å². The first-order valence-corrected chi connectivity index (χ1v) is 8.02. The molecule has 0 aromatic carbocycles. The van der Waals surface area contributed by atoms with Crippen LogP contribution >= 0.6 is 0 Å². The Morgan fingerprint density at radius 3 is 1.76 bits per heavy atom. The van der Waals surface area contributed by atoms with Crippen LogP contribution in [0.4, 0.5) is 9.59 Å². The average Bonchev–Trinajstić information content (AvgIpc) is 2.31. The van der Waals surface area contributed by atoms with Gasteiger partial charge < -0.3 is 30.9 Å². The number of hydrogen-bond donors (Lipinski definition) is 4. The summed E-state index contributed by atoms with van der Waals surface area (Å²) in [7, 11) is 0. The molecule has 0 fully saturated rings. The van der Waals surface area contributed by atoms with Crippen LogP contribution in [0.1, 0.15) is 54.9 Å². The molecule has 0 bridgehead atoms. The van der Waals surface area contributed by atoms with Crippen LogP contribution in [0.3, 0.4) is 0 Å². The minimum Gasteiger partial charge on any atom is -0.481 e. The molecule has 0 aliphatic rings. The number of carboxylic acid groups (broad SMARTS) is 1. The van der Waals surface area contributed by atoms with E-state index in [2.05, 4.69) is 10.6 Å². The maximum atomic E-state index is 11.7. The Hall–Kier alpha value is -2.03. The van der Waals surface area contributed by atoms with Gasteiger partial charge in [0, 0.05) is 13.5 Å². The first kappa shape index (κ1) is 25.2. The van der Waals surface area contributed by atoms with Gasteiger partial charge in [0.05, 0.1) is 6.04 Å². The molecule has 0 saturated carbocycles. The number of rotatable bonds is 5. The van der Waals surface area contributed by atoms with Crippen molar-refractivity contribution in [2.45, 2.75) is 72.1 Å². The van der Waals surface area contributed by atoms with Crippen molar-refractivity contribution in [3.63, 3.8) is 0 Å². The predicted molar refractivity (Wildman–Crippen MR) is 94.4 cm³/mol. The van der Waals surface area contributed by atoms with Gasteiger partial charge in [0.15, 0.2) is 0 Å². The summed E-state index contributed by atoms with van der Waals surface area (Å²) in [4.78, 5) is 32.3. The molecule has 2 amide bonds. The Bertz CT molecular complexity index is 423. The summed E-state index contributed by atoms with van der Waals surface area (Å²) in [5.41, 5.74) is 4.37. The lowest BCUT2D eigenvalue weighted by atomic mass is 10.2. The van der Waals surface area contributed by atoms with E-state index in [9.17, 15) is 9.59 Å². The van der Waals surface area contributed by atoms with E-state index >= 15 is 0 Å². The minimum absolute atomic E-state index is 0.228. The fraction of sp³-hybridized carbons (Fsp3) is 0.812. The van der Waals surface area contributed by atoms with E-state index in [1.54, 1.807) is 41.5 Å². The van der Waals surface area contributed by atoms with E-state index in [0.29, 0.717) is 13.0 Å². The number of nitrogens with two attached hydrogens (primary N) is 1. The van der Waals surface area contributed by atoms with Crippen molar-refractivity contribution in [2.24, 2.45) is 5.73 Å². The summed E-state index contributed by atoms with van der Waals surface area (Å²) in [5, 5.41) is 12.7. The molecule has 0 radical (unpaired) electrons. The monoisotopic (exact) mass is 363 g/mol. The summed E-state index contributed by atoms with van der Waals surface area (Å²) in [6.07, 6.45) is -0.544. The number of carbonyl (C=O) groups excluding carboxylic acids is 2. The first-order valence-electron chi connectivity index (χ1n) is 8.02. The smallest absolute Gasteiger partial charge is 0.407 e. The second kappa shape index (κ2) is 11.5. The third-order valence-electron chi connectivity index (χ3n) is 2.13. The molecule has 0 aliphatic heterocycles. The van der Waals surface area contributed by atoms with Crippen LogP contribution in [0, 0.1) is 0 Å². The van der Waals surface area contributed by atoms with Crippen LogP contribution in [-0.4, -0.2) is 53.6 Å². The van der Waals surface area contributed by atoms with Crippen LogP contribution in [0.25, 0.3) is 0 Å². The molecule has 0 spiro atoms. The fourth-order valence-electron chi connectivity index (χ4n) is 1.42. The highest BCUT2D eigenvalue weighted by molar-refractivity contribution is 5.69. The number of aliphatic carboxylic acids is 1. The third kappa shape index (κ3) is 22.0. The standard InChI is InChI=1S/C14H29N3O4.C2H4O2/c1-13(2,3)20-11(18)16-9-10(7-8-15)17-12(19)21-14(4,5)6;1-2(3)4/h10H,7-9,15H2,1-6H3,(H,16,18)(H,17,19);1H3,(H,3,4)/t10-;/m1./s1. The van der Waals surface area contributed by atoms with Gasteiger partial charge in [-0.3, -0.25) is 4.79 Å². The largest absolute Gasteiger partial charge is 0.481 e. The van der Waals surface area contributed by atoms with Crippen molar-refractivity contribution in [2.75, 3.05) is 13.1 Å². The first-order chi connectivity index (χ1) is 11.2. The molecule has 0 aromatic heterocycles. The highest BCUT2D eigenvalue weighted by Crippen LogP contribution is 2.08. The molecule has 25 heavy (non-hydrogen) atoms. The zero-order chi connectivity index (χ0) is 20.3. The Morgan fingerprint density at radius 2 is 1.40 bits per heavy atom. The molecule has 1 atom stereocenters. The highest BCUT2D eigenvalue weighted by atomic mass is 16.6. The Kier molecular flexibility index (Phi) is 11.6. The van der Waals surface area contributed by atoms with Crippen LogP contribution in [-0.2, 0) is 14.3 Å². The van der Waals surface area contributed by atoms with Crippen LogP contribution in [0.2, 0.25) is 0 Å². The van der Waals surface area contributed by atoms with E-state index in [1.165, 1.54) is 0 Å². The van der Waals surface area contributed by atoms with E-state index in [-0.39, 0.29) is 12.6 Å². The number of alkyl carbamates (subject to hydrolysis) is 2. The van der Waals surface area contributed by atoms with Gasteiger partial charge in [-0.25, -0.2) is 9.59 Å². The number of hydrogen-bond acceptors (Lipinski definition) is 6. The van der Waals surface area contributed by atoms with Gasteiger partial charge >= 0.3 is 12.2 Å². The lowest BCUT2D eigenvalue weighted by Crippen LogP contribution is -2.47. The minimum atomic E-state index is -0.833. The quantitative estimate of drug-likeness (QED) is 0.584. The summed E-state index contributed by atoms with van der Waals surface area (Å²) in [6, 6.07) is -0.308. The summed E-state index contributed by atoms with van der Waals surface area (Å²) >= 11 is 0. The van der Waals surface area contributed by atoms with E-state index in [0.717, 1.165) is 6.92 Å². The van der Waals surface area contributed by atoms with Crippen molar-refractivity contribution in [3.05, 3.63) is 0 Å². The third-order valence-corrected chi connectivity index (χ3v) is 2.13. The Balaban J connectivity index is 0. The molecule has 0 rings (SSSR count). The molecule has 9 nitrogen and oxygen atoms in total. The molecule has 0 aliphatic carbocycles. The van der Waals surface area contributed by atoms with Gasteiger partial charge in [0.2, 0.25) is 0 Å². The number of ether oxygens (including phenoxy) is 2.